The number of aliphatic imine (C=N–C) groups is 1. The first-order chi connectivity index (χ1) is 16.9. The highest BCUT2D eigenvalue weighted by atomic mass is 19.1. The van der Waals surface area contributed by atoms with Crippen LogP contribution >= 0.6 is 0 Å². The van der Waals surface area contributed by atoms with Crippen LogP contribution in [0.4, 0.5) is 4.39 Å². The van der Waals surface area contributed by atoms with Crippen molar-refractivity contribution < 1.29 is 18.7 Å². The van der Waals surface area contributed by atoms with Gasteiger partial charge in [-0.25, -0.2) is 4.39 Å². The van der Waals surface area contributed by atoms with Gasteiger partial charge in [-0.1, -0.05) is 68.5 Å². The molecular weight excluding hydrogens is 447 g/mol. The molecule has 1 unspecified atom stereocenters. The van der Waals surface area contributed by atoms with Crippen molar-refractivity contribution in [2.75, 3.05) is 7.11 Å². The Morgan fingerprint density at radius 2 is 1.86 bits per heavy atom. The zero-order chi connectivity index (χ0) is 25.0. The summed E-state index contributed by atoms with van der Waals surface area (Å²) in [6, 6.07) is 13.5. The van der Waals surface area contributed by atoms with Crippen LogP contribution < -0.4 is 21.1 Å². The first-order valence-corrected chi connectivity index (χ1v) is 12.2. The monoisotopic (exact) mass is 482 g/mol. The van der Waals surface area contributed by atoms with Gasteiger partial charge in [-0.15, -0.1) is 0 Å². The fourth-order valence-corrected chi connectivity index (χ4v) is 4.41. The van der Waals surface area contributed by atoms with Crippen molar-refractivity contribution in [1.29, 1.82) is 0 Å². The summed E-state index contributed by atoms with van der Waals surface area (Å²) in [4.78, 5) is 29.3. The molecule has 2 aromatic rings. The van der Waals surface area contributed by atoms with Gasteiger partial charge >= 0.3 is 0 Å². The van der Waals surface area contributed by atoms with Crippen molar-refractivity contribution in [2.45, 2.75) is 64.0 Å². The van der Waals surface area contributed by atoms with Crippen LogP contribution in [0.3, 0.4) is 0 Å². The Kier molecular flexibility index (Phi) is 10.1. The number of halogens is 1. The van der Waals surface area contributed by atoms with Gasteiger partial charge in [0.15, 0.2) is 17.5 Å². The van der Waals surface area contributed by atoms with E-state index >= 15 is 0 Å². The second kappa shape index (κ2) is 13.5. The first-order valence-electron chi connectivity index (χ1n) is 12.2. The van der Waals surface area contributed by atoms with Crippen LogP contribution in [-0.4, -0.2) is 30.9 Å². The second-order valence-corrected chi connectivity index (χ2v) is 9.00. The molecule has 8 heteroatoms. The summed E-state index contributed by atoms with van der Waals surface area (Å²) >= 11 is 0. The molecule has 0 aromatic heterocycles. The van der Waals surface area contributed by atoms with Crippen molar-refractivity contribution >= 4 is 17.8 Å². The van der Waals surface area contributed by atoms with Gasteiger partial charge in [0.25, 0.3) is 0 Å². The lowest BCUT2D eigenvalue weighted by Gasteiger charge is -2.27. The number of rotatable bonds is 10. The molecule has 1 atom stereocenters. The van der Waals surface area contributed by atoms with Crippen LogP contribution in [0.2, 0.25) is 0 Å². The molecule has 0 spiro atoms. The standard InChI is InChI=1S/C27H35FN4O3/c1-35-24-17-21(12-14-22(24)28)18-30-26(34)23(16-20-10-6-3-7-11-20)31-27(29)32-25(33)15-13-19-8-4-2-5-9-19/h2,4-5,8-9,12,14,17,20,23H,3,6-7,10-11,13,15-16,18H2,1H3,(H,30,34)(H3,29,31,32,33). The van der Waals surface area contributed by atoms with Gasteiger partial charge < -0.3 is 21.1 Å². The number of carbonyl (C=O) groups excluding carboxylic acids is 2. The van der Waals surface area contributed by atoms with Crippen LogP contribution in [0.15, 0.2) is 53.5 Å². The lowest BCUT2D eigenvalue weighted by Crippen LogP contribution is -2.50. The van der Waals surface area contributed by atoms with E-state index in [4.69, 9.17) is 10.5 Å². The molecule has 0 saturated heterocycles. The molecule has 4 N–H and O–H groups in total. The number of nitrogens with zero attached hydrogens (tertiary/aromatic N) is 1. The number of nitrogens with two attached hydrogens (primary N) is 1. The van der Waals surface area contributed by atoms with Gasteiger partial charge in [0.2, 0.25) is 11.8 Å². The van der Waals surface area contributed by atoms with Crippen molar-refractivity contribution in [3.63, 3.8) is 0 Å². The number of benzene rings is 2. The van der Waals surface area contributed by atoms with Gasteiger partial charge in [-0.3, -0.25) is 9.59 Å². The molecule has 7 nitrogen and oxygen atoms in total. The smallest absolute Gasteiger partial charge is 0.249 e. The highest BCUT2D eigenvalue weighted by Crippen LogP contribution is 2.27. The fourth-order valence-electron chi connectivity index (χ4n) is 4.41. The molecule has 188 valence electrons. The van der Waals surface area contributed by atoms with Crippen LogP contribution in [0.1, 0.15) is 56.1 Å². The van der Waals surface area contributed by atoms with E-state index in [1.165, 1.54) is 19.6 Å². The lowest BCUT2D eigenvalue weighted by atomic mass is 9.84. The Balaban J connectivity index is 1.60. The lowest BCUT2D eigenvalue weighted by molar-refractivity contribution is -0.123. The van der Waals surface area contributed by atoms with E-state index in [9.17, 15) is 14.0 Å². The van der Waals surface area contributed by atoms with Gasteiger partial charge in [0.1, 0.15) is 6.04 Å². The predicted molar refractivity (Wildman–Crippen MR) is 134 cm³/mol. The largest absolute Gasteiger partial charge is 0.494 e. The van der Waals surface area contributed by atoms with E-state index in [0.717, 1.165) is 31.2 Å². The van der Waals surface area contributed by atoms with Crippen molar-refractivity contribution in [3.8, 4) is 5.75 Å². The molecule has 2 aromatic carbocycles. The maximum Gasteiger partial charge on any atom is 0.249 e. The van der Waals surface area contributed by atoms with Gasteiger partial charge in [0, 0.05) is 13.0 Å². The zero-order valence-corrected chi connectivity index (χ0v) is 20.3. The molecule has 0 radical (unpaired) electrons. The number of methoxy groups -OCH3 is 1. The molecule has 0 aliphatic heterocycles. The summed E-state index contributed by atoms with van der Waals surface area (Å²) in [6.07, 6.45) is 7.05. The number of aryl methyl sites for hydroxylation is 1. The summed E-state index contributed by atoms with van der Waals surface area (Å²) in [5.41, 5.74) is 7.79. The fraction of sp³-hybridized carbons (Fsp3) is 0.444. The molecule has 1 aliphatic carbocycles. The normalized spacial score (nSPS) is 15.3. The number of ether oxygens (including phenoxy) is 1. The van der Waals surface area contributed by atoms with Gasteiger partial charge in [0.05, 0.1) is 7.11 Å². The summed E-state index contributed by atoms with van der Waals surface area (Å²) in [5, 5.41) is 5.86. The second-order valence-electron chi connectivity index (χ2n) is 9.00. The highest BCUT2D eigenvalue weighted by molar-refractivity contribution is 5.95. The molecular formula is C27H35FN4O3. The first kappa shape index (κ1) is 26.2. The van der Waals surface area contributed by atoms with Gasteiger partial charge in [-0.05, 0) is 42.0 Å². The van der Waals surface area contributed by atoms with E-state index in [-0.39, 0.29) is 36.5 Å². The average Bonchev–Trinajstić information content (AvgIpc) is 2.87. The van der Waals surface area contributed by atoms with Crippen molar-refractivity contribution in [2.24, 2.45) is 16.6 Å². The Bertz CT molecular complexity index is 1010. The van der Waals surface area contributed by atoms with E-state index in [0.29, 0.717) is 24.3 Å². The topological polar surface area (TPSA) is 106 Å². The molecule has 1 saturated carbocycles. The minimum Gasteiger partial charge on any atom is -0.494 e. The number of amides is 2. The third-order valence-electron chi connectivity index (χ3n) is 6.33. The van der Waals surface area contributed by atoms with E-state index in [2.05, 4.69) is 15.6 Å². The number of hydrogen-bond donors (Lipinski definition) is 3. The van der Waals surface area contributed by atoms with Crippen molar-refractivity contribution in [3.05, 3.63) is 65.5 Å². The SMILES string of the molecule is COc1cc(CNC(=O)C(CC2CCCCC2)NC(N)=NC(=O)CCc2ccccc2)ccc1F. The third kappa shape index (κ3) is 8.70. The maximum atomic E-state index is 13.7. The Labute approximate surface area is 206 Å². The minimum absolute atomic E-state index is 0.0533. The van der Waals surface area contributed by atoms with Crippen LogP contribution in [0.25, 0.3) is 0 Å². The minimum atomic E-state index is -0.619. The number of carbonyl (C=O) groups is 2. The number of guanidine groups is 1. The summed E-state index contributed by atoms with van der Waals surface area (Å²) in [7, 11) is 1.40. The van der Waals surface area contributed by atoms with Gasteiger partial charge in [-0.2, -0.15) is 4.99 Å². The summed E-state index contributed by atoms with van der Waals surface area (Å²) in [5.74, 6) is -0.566. The molecule has 0 bridgehead atoms. The summed E-state index contributed by atoms with van der Waals surface area (Å²) in [6.45, 7) is 0.214. The molecule has 35 heavy (non-hydrogen) atoms. The van der Waals surface area contributed by atoms with Crippen LogP contribution in [-0.2, 0) is 22.6 Å². The highest BCUT2D eigenvalue weighted by Gasteiger charge is 2.25. The van der Waals surface area contributed by atoms with E-state index in [1.54, 1.807) is 12.1 Å². The average molecular weight is 483 g/mol. The molecule has 1 aliphatic rings. The number of hydrogen-bond acceptors (Lipinski definition) is 3. The van der Waals surface area contributed by atoms with Crippen molar-refractivity contribution in [1.82, 2.24) is 10.6 Å². The quantitative estimate of drug-likeness (QED) is 0.352. The van der Waals surface area contributed by atoms with Crippen LogP contribution in [0.5, 0.6) is 5.75 Å². The Morgan fingerprint density at radius 3 is 2.57 bits per heavy atom. The summed E-state index contributed by atoms with van der Waals surface area (Å²) < 4.78 is 18.7. The third-order valence-corrected chi connectivity index (χ3v) is 6.33. The maximum absolute atomic E-state index is 13.7. The van der Waals surface area contributed by atoms with Crippen LogP contribution in [0, 0.1) is 11.7 Å². The molecule has 2 amide bonds. The van der Waals surface area contributed by atoms with E-state index < -0.39 is 11.9 Å². The Hall–Kier alpha value is -3.42. The predicted octanol–water partition coefficient (Wildman–Crippen LogP) is 3.85. The zero-order valence-electron chi connectivity index (χ0n) is 20.3. The molecule has 3 rings (SSSR count). The molecule has 0 heterocycles. The number of nitrogens with one attached hydrogen (secondary N) is 2. The Morgan fingerprint density at radius 1 is 1.11 bits per heavy atom. The molecule has 1 fully saturated rings. The van der Waals surface area contributed by atoms with E-state index in [1.807, 2.05) is 30.3 Å².